The second kappa shape index (κ2) is 6.38. The molecule has 0 unspecified atom stereocenters. The van der Waals surface area contributed by atoms with Crippen molar-refractivity contribution >= 4 is 5.91 Å². The Kier molecular flexibility index (Phi) is 4.34. The minimum atomic E-state index is -0.348. The van der Waals surface area contributed by atoms with E-state index >= 15 is 0 Å². The van der Waals surface area contributed by atoms with Gasteiger partial charge in [-0.1, -0.05) is 30.3 Å². The standard InChI is InChI=1S/C20H27NO4/c1-19(13-24-14-19)18(23)21-9-7-20(8-10-21)12-16(22)11-17(25-20)15-5-3-2-4-6-15/h2-6,16-17,22H,7-14H2,1H3/t16-,17-/m1/s1. The number of piperidine rings is 1. The zero-order valence-electron chi connectivity index (χ0n) is 14.8. The molecule has 1 N–H and O–H groups in total. The molecule has 0 bridgehead atoms. The lowest BCUT2D eigenvalue weighted by atomic mass is 9.79. The molecule has 3 aliphatic rings. The van der Waals surface area contributed by atoms with Crippen molar-refractivity contribution in [3.8, 4) is 0 Å². The average Bonchev–Trinajstić information content (AvgIpc) is 2.60. The summed E-state index contributed by atoms with van der Waals surface area (Å²) in [6, 6.07) is 10.1. The van der Waals surface area contributed by atoms with E-state index in [1.165, 1.54) is 0 Å². The normalized spacial score (nSPS) is 30.7. The highest BCUT2D eigenvalue weighted by Gasteiger charge is 2.48. The lowest BCUT2D eigenvalue weighted by Gasteiger charge is -2.49. The molecule has 1 amide bonds. The van der Waals surface area contributed by atoms with Crippen molar-refractivity contribution in [2.24, 2.45) is 5.41 Å². The fraction of sp³-hybridized carbons (Fsp3) is 0.650. The molecule has 2 atom stereocenters. The number of rotatable bonds is 2. The summed E-state index contributed by atoms with van der Waals surface area (Å²) < 4.78 is 11.7. The molecule has 136 valence electrons. The van der Waals surface area contributed by atoms with Gasteiger partial charge in [0, 0.05) is 25.9 Å². The molecule has 25 heavy (non-hydrogen) atoms. The van der Waals surface area contributed by atoms with Gasteiger partial charge in [-0.25, -0.2) is 0 Å². The number of hydrogen-bond donors (Lipinski definition) is 1. The van der Waals surface area contributed by atoms with E-state index in [0.29, 0.717) is 39.1 Å². The molecule has 1 aromatic rings. The molecule has 1 spiro atoms. The van der Waals surface area contributed by atoms with Crippen LogP contribution in [0.15, 0.2) is 30.3 Å². The first-order chi connectivity index (χ1) is 12.0. The van der Waals surface area contributed by atoms with Crippen LogP contribution in [0.2, 0.25) is 0 Å². The topological polar surface area (TPSA) is 59.0 Å². The lowest BCUT2D eigenvalue weighted by Crippen LogP contribution is -2.58. The summed E-state index contributed by atoms with van der Waals surface area (Å²) >= 11 is 0. The fourth-order valence-electron chi connectivity index (χ4n) is 4.38. The van der Waals surface area contributed by atoms with Crippen molar-refractivity contribution in [3.63, 3.8) is 0 Å². The van der Waals surface area contributed by atoms with Crippen molar-refractivity contribution in [2.45, 2.75) is 50.4 Å². The predicted molar refractivity (Wildman–Crippen MR) is 93.0 cm³/mol. The molecule has 0 aliphatic carbocycles. The molecule has 5 nitrogen and oxygen atoms in total. The van der Waals surface area contributed by atoms with E-state index in [4.69, 9.17) is 9.47 Å². The molecule has 5 heteroatoms. The summed E-state index contributed by atoms with van der Waals surface area (Å²) in [5, 5.41) is 10.4. The maximum absolute atomic E-state index is 12.7. The van der Waals surface area contributed by atoms with E-state index in [2.05, 4.69) is 12.1 Å². The molecule has 4 rings (SSSR count). The van der Waals surface area contributed by atoms with E-state index in [-0.39, 0.29) is 29.1 Å². The van der Waals surface area contributed by atoms with Crippen LogP contribution in [0.5, 0.6) is 0 Å². The van der Waals surface area contributed by atoms with Crippen molar-refractivity contribution in [3.05, 3.63) is 35.9 Å². The van der Waals surface area contributed by atoms with Gasteiger partial charge in [0.2, 0.25) is 5.91 Å². The van der Waals surface area contributed by atoms with E-state index in [9.17, 15) is 9.90 Å². The van der Waals surface area contributed by atoms with E-state index in [1.807, 2.05) is 30.0 Å². The molecular weight excluding hydrogens is 318 g/mol. The summed E-state index contributed by atoms with van der Waals surface area (Å²) in [4.78, 5) is 14.6. The van der Waals surface area contributed by atoms with E-state index in [1.54, 1.807) is 0 Å². The first-order valence-corrected chi connectivity index (χ1v) is 9.28. The molecule has 0 radical (unpaired) electrons. The van der Waals surface area contributed by atoms with E-state index < -0.39 is 0 Å². The Morgan fingerprint density at radius 2 is 1.88 bits per heavy atom. The second-order valence-electron chi connectivity index (χ2n) is 8.14. The van der Waals surface area contributed by atoms with Gasteiger partial charge in [-0.3, -0.25) is 4.79 Å². The molecule has 0 aromatic heterocycles. The predicted octanol–water partition coefficient (Wildman–Crippen LogP) is 2.30. The average molecular weight is 345 g/mol. The zero-order chi connectivity index (χ0) is 17.5. The van der Waals surface area contributed by atoms with Gasteiger partial charge in [0.1, 0.15) is 0 Å². The zero-order valence-corrected chi connectivity index (χ0v) is 14.8. The SMILES string of the molecule is CC1(C(=O)N2CCC3(CC2)C[C@H](O)C[C@H](c2ccccc2)O3)COC1. The number of hydrogen-bond acceptors (Lipinski definition) is 4. The number of benzene rings is 1. The Morgan fingerprint density at radius 1 is 1.20 bits per heavy atom. The largest absolute Gasteiger partial charge is 0.393 e. The highest BCUT2D eigenvalue weighted by Crippen LogP contribution is 2.43. The van der Waals surface area contributed by atoms with Gasteiger partial charge < -0.3 is 19.5 Å². The summed E-state index contributed by atoms with van der Waals surface area (Å²) in [5.74, 6) is 0.199. The maximum atomic E-state index is 12.7. The van der Waals surface area contributed by atoms with Crippen LogP contribution in [0.3, 0.4) is 0 Å². The second-order valence-corrected chi connectivity index (χ2v) is 8.14. The fourth-order valence-corrected chi connectivity index (χ4v) is 4.38. The van der Waals surface area contributed by atoms with Crippen LogP contribution in [0.25, 0.3) is 0 Å². The molecule has 3 heterocycles. The van der Waals surface area contributed by atoms with Crippen LogP contribution in [0.4, 0.5) is 0 Å². The number of aliphatic hydroxyl groups excluding tert-OH is 1. The Bertz CT molecular complexity index is 620. The quantitative estimate of drug-likeness (QED) is 0.893. The van der Waals surface area contributed by atoms with Crippen molar-refractivity contribution < 1.29 is 19.4 Å². The minimum Gasteiger partial charge on any atom is -0.393 e. The van der Waals surface area contributed by atoms with Crippen LogP contribution in [0, 0.1) is 5.41 Å². The number of nitrogens with zero attached hydrogens (tertiary/aromatic N) is 1. The number of aliphatic hydroxyl groups is 1. The minimum absolute atomic E-state index is 0.0650. The smallest absolute Gasteiger partial charge is 0.233 e. The van der Waals surface area contributed by atoms with Crippen molar-refractivity contribution in [2.75, 3.05) is 26.3 Å². The third kappa shape index (κ3) is 3.21. The third-order valence-corrected chi connectivity index (χ3v) is 5.98. The summed E-state index contributed by atoms with van der Waals surface area (Å²) in [6.07, 6.45) is 2.47. The molecular formula is C20H27NO4. The van der Waals surface area contributed by atoms with Crippen LogP contribution in [-0.2, 0) is 14.3 Å². The van der Waals surface area contributed by atoms with Crippen molar-refractivity contribution in [1.82, 2.24) is 4.90 Å². The number of carbonyl (C=O) groups is 1. The summed E-state index contributed by atoms with van der Waals surface area (Å²) in [5.41, 5.74) is 0.467. The van der Waals surface area contributed by atoms with Crippen LogP contribution in [-0.4, -0.2) is 53.9 Å². The van der Waals surface area contributed by atoms with Gasteiger partial charge in [-0.15, -0.1) is 0 Å². The number of likely N-dealkylation sites (tertiary alicyclic amines) is 1. The molecule has 0 saturated carbocycles. The third-order valence-electron chi connectivity index (χ3n) is 5.98. The Labute approximate surface area is 148 Å². The first kappa shape index (κ1) is 17.0. The molecule has 3 saturated heterocycles. The lowest BCUT2D eigenvalue weighted by molar-refractivity contribution is -0.194. The molecule has 3 fully saturated rings. The highest BCUT2D eigenvalue weighted by molar-refractivity contribution is 5.83. The molecule has 3 aliphatic heterocycles. The Balaban J connectivity index is 1.43. The van der Waals surface area contributed by atoms with Gasteiger partial charge in [-0.05, 0) is 25.3 Å². The maximum Gasteiger partial charge on any atom is 0.233 e. The Hall–Kier alpha value is -1.43. The molecule has 1 aromatic carbocycles. The van der Waals surface area contributed by atoms with E-state index in [0.717, 1.165) is 18.4 Å². The monoisotopic (exact) mass is 345 g/mol. The van der Waals surface area contributed by atoms with Gasteiger partial charge in [-0.2, -0.15) is 0 Å². The number of ether oxygens (including phenoxy) is 2. The van der Waals surface area contributed by atoms with Crippen LogP contribution < -0.4 is 0 Å². The Morgan fingerprint density at radius 3 is 2.48 bits per heavy atom. The number of carbonyl (C=O) groups excluding carboxylic acids is 1. The van der Waals surface area contributed by atoms with Gasteiger partial charge in [0.05, 0.1) is 36.4 Å². The van der Waals surface area contributed by atoms with Crippen molar-refractivity contribution in [1.29, 1.82) is 0 Å². The highest BCUT2D eigenvalue weighted by atomic mass is 16.5. The van der Waals surface area contributed by atoms with Crippen LogP contribution >= 0.6 is 0 Å². The van der Waals surface area contributed by atoms with Gasteiger partial charge in [0.15, 0.2) is 0 Å². The number of amides is 1. The van der Waals surface area contributed by atoms with Crippen LogP contribution in [0.1, 0.15) is 44.3 Å². The summed E-state index contributed by atoms with van der Waals surface area (Å²) in [6.45, 7) is 4.43. The summed E-state index contributed by atoms with van der Waals surface area (Å²) in [7, 11) is 0. The van der Waals surface area contributed by atoms with Gasteiger partial charge >= 0.3 is 0 Å². The van der Waals surface area contributed by atoms with Gasteiger partial charge in [0.25, 0.3) is 0 Å². The first-order valence-electron chi connectivity index (χ1n) is 9.28.